The van der Waals surface area contributed by atoms with E-state index in [9.17, 15) is 0 Å². The second kappa shape index (κ2) is 7.78. The average molecular weight is 197 g/mol. The average Bonchev–Trinajstić information content (AvgIpc) is 2.09. The van der Waals surface area contributed by atoms with Crippen LogP contribution in [0.1, 0.15) is 33.1 Å². The zero-order valence-corrected chi connectivity index (χ0v) is 9.88. The first-order chi connectivity index (χ1) is 6.57. The third-order valence-corrected chi connectivity index (χ3v) is 2.25. The molecule has 0 aliphatic heterocycles. The summed E-state index contributed by atoms with van der Waals surface area (Å²) < 4.78 is 0. The minimum Gasteiger partial charge on any atom is -0.301 e. The summed E-state index contributed by atoms with van der Waals surface area (Å²) >= 11 is 0. The summed E-state index contributed by atoms with van der Waals surface area (Å²) in [5.41, 5.74) is 0. The molecule has 0 radical (unpaired) electrons. The summed E-state index contributed by atoms with van der Waals surface area (Å²) in [5, 5.41) is 12.0. The molecule has 82 valence electrons. The highest BCUT2D eigenvalue weighted by atomic mass is 15.2. The summed E-state index contributed by atoms with van der Waals surface area (Å²) in [4.78, 5) is 2.05. The van der Waals surface area contributed by atoms with Gasteiger partial charge in [0.1, 0.15) is 0 Å². The van der Waals surface area contributed by atoms with Crippen molar-refractivity contribution in [3.8, 4) is 6.07 Å². The maximum atomic E-state index is 8.61. The van der Waals surface area contributed by atoms with E-state index in [0.717, 1.165) is 12.5 Å². The Bertz CT molecular complexity index is 170. The summed E-state index contributed by atoms with van der Waals surface area (Å²) in [6.45, 7) is 5.47. The molecular weight excluding hydrogens is 174 g/mol. The largest absolute Gasteiger partial charge is 0.301 e. The molecule has 0 saturated carbocycles. The van der Waals surface area contributed by atoms with E-state index in [0.29, 0.717) is 6.42 Å². The highest BCUT2D eigenvalue weighted by Gasteiger charge is 2.08. The first-order valence-electron chi connectivity index (χ1n) is 5.34. The summed E-state index contributed by atoms with van der Waals surface area (Å²) in [5.74, 6) is 0.769. The molecule has 0 aliphatic rings. The standard InChI is InChI=1S/C11H23N3/c1-10(2)6-5-9-13-11(7-8-12)14(3)4/h10-11,13H,5-7,9H2,1-4H3. The second-order valence-corrected chi connectivity index (χ2v) is 4.33. The van der Waals surface area contributed by atoms with E-state index >= 15 is 0 Å². The van der Waals surface area contributed by atoms with Gasteiger partial charge in [-0.1, -0.05) is 13.8 Å². The number of rotatable bonds is 7. The van der Waals surface area contributed by atoms with Gasteiger partial charge in [-0.3, -0.25) is 4.90 Å². The van der Waals surface area contributed by atoms with Crippen molar-refractivity contribution in [2.45, 2.75) is 39.3 Å². The number of hydrogen-bond donors (Lipinski definition) is 1. The number of hydrogen-bond acceptors (Lipinski definition) is 3. The van der Waals surface area contributed by atoms with Gasteiger partial charge in [0.2, 0.25) is 0 Å². The molecule has 0 spiro atoms. The zero-order valence-electron chi connectivity index (χ0n) is 9.88. The van der Waals surface area contributed by atoms with Gasteiger partial charge in [-0.05, 0) is 39.4 Å². The van der Waals surface area contributed by atoms with Crippen LogP contribution in [0.4, 0.5) is 0 Å². The highest BCUT2D eigenvalue weighted by Crippen LogP contribution is 2.02. The Morgan fingerprint density at radius 2 is 2.00 bits per heavy atom. The van der Waals surface area contributed by atoms with Crippen molar-refractivity contribution in [3.05, 3.63) is 0 Å². The third kappa shape index (κ3) is 6.88. The van der Waals surface area contributed by atoms with Gasteiger partial charge in [-0.25, -0.2) is 0 Å². The maximum Gasteiger partial charge on any atom is 0.0725 e. The van der Waals surface area contributed by atoms with Crippen LogP contribution in [0.25, 0.3) is 0 Å². The Morgan fingerprint density at radius 3 is 2.43 bits per heavy atom. The van der Waals surface area contributed by atoms with Crippen molar-refractivity contribution in [2.24, 2.45) is 5.92 Å². The zero-order chi connectivity index (χ0) is 11.0. The Morgan fingerprint density at radius 1 is 1.36 bits per heavy atom. The molecule has 0 amide bonds. The Kier molecular flexibility index (Phi) is 7.45. The van der Waals surface area contributed by atoms with E-state index in [2.05, 4.69) is 30.1 Å². The van der Waals surface area contributed by atoms with Crippen molar-refractivity contribution in [2.75, 3.05) is 20.6 Å². The predicted molar refractivity (Wildman–Crippen MR) is 59.8 cm³/mol. The van der Waals surface area contributed by atoms with Crippen molar-refractivity contribution in [3.63, 3.8) is 0 Å². The van der Waals surface area contributed by atoms with Gasteiger partial charge in [-0.2, -0.15) is 5.26 Å². The topological polar surface area (TPSA) is 39.1 Å². The van der Waals surface area contributed by atoms with Crippen LogP contribution in [0.3, 0.4) is 0 Å². The molecule has 1 N–H and O–H groups in total. The smallest absolute Gasteiger partial charge is 0.0725 e. The molecule has 0 aliphatic carbocycles. The van der Waals surface area contributed by atoms with Crippen LogP contribution in [0.2, 0.25) is 0 Å². The summed E-state index contributed by atoms with van der Waals surface area (Å²) in [6, 6.07) is 2.19. The van der Waals surface area contributed by atoms with Crippen molar-refractivity contribution in [1.29, 1.82) is 5.26 Å². The van der Waals surface area contributed by atoms with E-state index in [1.807, 2.05) is 14.1 Å². The first-order valence-corrected chi connectivity index (χ1v) is 5.34. The van der Waals surface area contributed by atoms with Gasteiger partial charge < -0.3 is 5.32 Å². The minimum absolute atomic E-state index is 0.201. The molecule has 0 rings (SSSR count). The summed E-state index contributed by atoms with van der Waals surface area (Å²) in [6.07, 6.45) is 3.19. The minimum atomic E-state index is 0.201. The third-order valence-electron chi connectivity index (χ3n) is 2.25. The van der Waals surface area contributed by atoms with E-state index in [4.69, 9.17) is 5.26 Å². The molecule has 3 nitrogen and oxygen atoms in total. The molecular formula is C11H23N3. The monoisotopic (exact) mass is 197 g/mol. The maximum absolute atomic E-state index is 8.61. The first kappa shape index (κ1) is 13.4. The van der Waals surface area contributed by atoms with E-state index < -0.39 is 0 Å². The number of nitrogens with one attached hydrogen (secondary N) is 1. The Hall–Kier alpha value is -0.590. The fraction of sp³-hybridized carbons (Fsp3) is 0.909. The number of nitriles is 1. The predicted octanol–water partition coefficient (Wildman–Crippen LogP) is 1.81. The Balaban J connectivity index is 3.57. The van der Waals surface area contributed by atoms with Crippen LogP contribution < -0.4 is 5.32 Å². The molecule has 0 saturated heterocycles. The molecule has 1 unspecified atom stereocenters. The molecule has 0 heterocycles. The molecule has 0 aromatic carbocycles. The molecule has 0 fully saturated rings. The van der Waals surface area contributed by atoms with Gasteiger partial charge >= 0.3 is 0 Å². The van der Waals surface area contributed by atoms with Crippen LogP contribution in [-0.4, -0.2) is 31.7 Å². The molecule has 1 atom stereocenters. The van der Waals surface area contributed by atoms with Gasteiger partial charge in [0.25, 0.3) is 0 Å². The number of nitrogens with zero attached hydrogens (tertiary/aromatic N) is 2. The highest BCUT2D eigenvalue weighted by molar-refractivity contribution is 4.78. The molecule has 0 aromatic heterocycles. The van der Waals surface area contributed by atoms with Gasteiger partial charge in [0.15, 0.2) is 0 Å². The fourth-order valence-corrected chi connectivity index (χ4v) is 1.30. The lowest BCUT2D eigenvalue weighted by Crippen LogP contribution is -2.41. The molecule has 0 aromatic rings. The SMILES string of the molecule is CC(C)CCCNC(CC#N)N(C)C. The van der Waals surface area contributed by atoms with Crippen molar-refractivity contribution in [1.82, 2.24) is 10.2 Å². The fourth-order valence-electron chi connectivity index (χ4n) is 1.30. The normalized spacial score (nSPS) is 13.2. The van der Waals surface area contributed by atoms with Crippen LogP contribution in [-0.2, 0) is 0 Å². The van der Waals surface area contributed by atoms with Crippen molar-refractivity contribution < 1.29 is 0 Å². The van der Waals surface area contributed by atoms with Gasteiger partial charge in [0.05, 0.1) is 18.7 Å². The van der Waals surface area contributed by atoms with E-state index in [1.54, 1.807) is 0 Å². The van der Waals surface area contributed by atoms with Gasteiger partial charge in [-0.15, -0.1) is 0 Å². The quantitative estimate of drug-likeness (QED) is 0.500. The van der Waals surface area contributed by atoms with Crippen LogP contribution >= 0.6 is 0 Å². The lowest BCUT2D eigenvalue weighted by Gasteiger charge is -2.23. The van der Waals surface area contributed by atoms with Gasteiger partial charge in [0, 0.05) is 0 Å². The van der Waals surface area contributed by atoms with Crippen LogP contribution in [0, 0.1) is 17.2 Å². The lowest BCUT2D eigenvalue weighted by atomic mass is 10.1. The second-order valence-electron chi connectivity index (χ2n) is 4.33. The summed E-state index contributed by atoms with van der Waals surface area (Å²) in [7, 11) is 3.99. The molecule has 14 heavy (non-hydrogen) atoms. The molecule has 0 bridgehead atoms. The Labute approximate surface area is 88.1 Å². The lowest BCUT2D eigenvalue weighted by molar-refractivity contribution is 0.247. The van der Waals surface area contributed by atoms with Crippen molar-refractivity contribution >= 4 is 0 Å². The van der Waals surface area contributed by atoms with E-state index in [1.165, 1.54) is 12.8 Å². The molecule has 3 heteroatoms. The van der Waals surface area contributed by atoms with Crippen LogP contribution in [0.5, 0.6) is 0 Å². The van der Waals surface area contributed by atoms with Crippen LogP contribution in [0.15, 0.2) is 0 Å². The van der Waals surface area contributed by atoms with E-state index in [-0.39, 0.29) is 6.17 Å².